The Bertz CT molecular complexity index is 945. The van der Waals surface area contributed by atoms with E-state index in [2.05, 4.69) is 34.9 Å². The molecule has 0 aliphatic heterocycles. The van der Waals surface area contributed by atoms with Crippen LogP contribution in [0.4, 0.5) is 4.79 Å². The smallest absolute Gasteiger partial charge is 0.407 e. The second kappa shape index (κ2) is 11.5. The summed E-state index contributed by atoms with van der Waals surface area (Å²) in [6.07, 6.45) is -0.696. The SMILES string of the molecule is CC(C)C(CC(=O)O)NC(=O)COCCNC(=O)OCC1c2ccccc2-c2ccccc21. The molecule has 0 heterocycles. The van der Waals surface area contributed by atoms with Gasteiger partial charge in [-0.05, 0) is 28.2 Å². The third-order valence-electron chi connectivity index (χ3n) is 5.64. The van der Waals surface area contributed by atoms with Crippen LogP contribution in [0, 0.1) is 5.92 Å². The molecule has 0 bridgehead atoms. The molecule has 0 spiro atoms. The molecule has 0 radical (unpaired) electrons. The standard InChI is InChI=1S/C25H30N2O6/c1-16(2)22(13-24(29)30)27-23(28)15-32-12-11-26-25(31)33-14-21-19-9-5-3-7-17(19)18-8-4-6-10-20(18)21/h3-10,16,21-22H,11-15H2,1-2H3,(H,26,31)(H,27,28)(H,29,30). The predicted molar refractivity (Wildman–Crippen MR) is 123 cm³/mol. The van der Waals surface area contributed by atoms with E-state index in [1.165, 1.54) is 0 Å². The van der Waals surface area contributed by atoms with Crippen LogP contribution in [0.25, 0.3) is 11.1 Å². The number of nitrogens with one attached hydrogen (secondary N) is 2. The fourth-order valence-electron chi connectivity index (χ4n) is 3.93. The van der Waals surface area contributed by atoms with Crippen molar-refractivity contribution < 1.29 is 29.0 Å². The molecule has 176 valence electrons. The Balaban J connectivity index is 1.37. The molecule has 1 unspecified atom stereocenters. The summed E-state index contributed by atoms with van der Waals surface area (Å²) in [6, 6.07) is 15.8. The number of hydrogen-bond donors (Lipinski definition) is 3. The molecule has 2 amide bonds. The molecule has 0 saturated carbocycles. The number of alkyl carbamates (subject to hydrolysis) is 1. The number of carboxylic acids is 1. The van der Waals surface area contributed by atoms with E-state index in [0.717, 1.165) is 22.3 Å². The van der Waals surface area contributed by atoms with Crippen LogP contribution in [-0.4, -0.2) is 55.5 Å². The van der Waals surface area contributed by atoms with Gasteiger partial charge in [-0.3, -0.25) is 9.59 Å². The van der Waals surface area contributed by atoms with Crippen LogP contribution in [0.2, 0.25) is 0 Å². The summed E-state index contributed by atoms with van der Waals surface area (Å²) < 4.78 is 10.7. The van der Waals surface area contributed by atoms with Gasteiger partial charge >= 0.3 is 12.1 Å². The van der Waals surface area contributed by atoms with Crippen molar-refractivity contribution >= 4 is 18.0 Å². The maximum Gasteiger partial charge on any atom is 0.407 e. The lowest BCUT2D eigenvalue weighted by Crippen LogP contribution is -2.42. The molecule has 8 heteroatoms. The summed E-state index contributed by atoms with van der Waals surface area (Å²) in [4.78, 5) is 34.9. The van der Waals surface area contributed by atoms with Crippen molar-refractivity contribution in [1.29, 1.82) is 0 Å². The highest BCUT2D eigenvalue weighted by Gasteiger charge is 2.29. The Labute approximate surface area is 193 Å². The largest absolute Gasteiger partial charge is 0.481 e. The van der Waals surface area contributed by atoms with Gasteiger partial charge in [-0.15, -0.1) is 0 Å². The number of ether oxygens (including phenoxy) is 2. The zero-order chi connectivity index (χ0) is 23.8. The highest BCUT2D eigenvalue weighted by molar-refractivity contribution is 5.79. The number of carboxylic acid groups (broad SMARTS) is 1. The number of carbonyl (C=O) groups is 3. The van der Waals surface area contributed by atoms with Crippen LogP contribution in [-0.2, 0) is 19.1 Å². The summed E-state index contributed by atoms with van der Waals surface area (Å²) in [7, 11) is 0. The van der Waals surface area contributed by atoms with Crippen LogP contribution in [0.5, 0.6) is 0 Å². The van der Waals surface area contributed by atoms with E-state index >= 15 is 0 Å². The van der Waals surface area contributed by atoms with Gasteiger partial charge < -0.3 is 25.2 Å². The second-order valence-electron chi connectivity index (χ2n) is 8.32. The number of benzene rings is 2. The van der Waals surface area contributed by atoms with Crippen molar-refractivity contribution in [3.8, 4) is 11.1 Å². The van der Waals surface area contributed by atoms with Crippen molar-refractivity contribution in [3.05, 3.63) is 59.7 Å². The fourth-order valence-corrected chi connectivity index (χ4v) is 3.93. The number of amides is 2. The number of fused-ring (bicyclic) bond motifs is 3. The highest BCUT2D eigenvalue weighted by atomic mass is 16.5. The molecule has 1 atom stereocenters. The van der Waals surface area contributed by atoms with Gasteiger partial charge in [0, 0.05) is 18.5 Å². The number of aliphatic carboxylic acids is 1. The minimum Gasteiger partial charge on any atom is -0.481 e. The lowest BCUT2D eigenvalue weighted by Gasteiger charge is -2.20. The van der Waals surface area contributed by atoms with Gasteiger partial charge in [0.1, 0.15) is 13.2 Å². The lowest BCUT2D eigenvalue weighted by molar-refractivity contribution is -0.138. The zero-order valence-electron chi connectivity index (χ0n) is 18.9. The maximum atomic E-state index is 12.1. The fraction of sp³-hybridized carbons (Fsp3) is 0.400. The van der Waals surface area contributed by atoms with Crippen molar-refractivity contribution in [2.24, 2.45) is 5.92 Å². The van der Waals surface area contributed by atoms with E-state index < -0.39 is 24.0 Å². The predicted octanol–water partition coefficient (Wildman–Crippen LogP) is 3.16. The van der Waals surface area contributed by atoms with Crippen molar-refractivity contribution in [3.63, 3.8) is 0 Å². The molecule has 0 fully saturated rings. The van der Waals surface area contributed by atoms with Crippen LogP contribution < -0.4 is 10.6 Å². The minimum atomic E-state index is -0.970. The number of hydrogen-bond acceptors (Lipinski definition) is 5. The van der Waals surface area contributed by atoms with E-state index in [-0.39, 0.29) is 44.6 Å². The Morgan fingerprint density at radius 3 is 2.18 bits per heavy atom. The van der Waals surface area contributed by atoms with Crippen LogP contribution >= 0.6 is 0 Å². The first kappa shape index (κ1) is 24.3. The second-order valence-corrected chi connectivity index (χ2v) is 8.32. The van der Waals surface area contributed by atoms with Crippen molar-refractivity contribution in [2.45, 2.75) is 32.2 Å². The first-order chi connectivity index (χ1) is 15.9. The van der Waals surface area contributed by atoms with E-state index in [9.17, 15) is 14.4 Å². The summed E-state index contributed by atoms with van der Waals surface area (Å²) in [5.41, 5.74) is 4.61. The molecule has 33 heavy (non-hydrogen) atoms. The molecule has 1 aliphatic carbocycles. The Morgan fingerprint density at radius 1 is 1.00 bits per heavy atom. The third-order valence-corrected chi connectivity index (χ3v) is 5.64. The molecule has 0 aromatic heterocycles. The normalized spacial score (nSPS) is 13.2. The first-order valence-corrected chi connectivity index (χ1v) is 11.0. The van der Waals surface area contributed by atoms with E-state index in [4.69, 9.17) is 14.6 Å². The van der Waals surface area contributed by atoms with Crippen molar-refractivity contribution in [2.75, 3.05) is 26.4 Å². The van der Waals surface area contributed by atoms with Gasteiger partial charge in [0.05, 0.1) is 13.0 Å². The maximum absolute atomic E-state index is 12.1. The van der Waals surface area contributed by atoms with Crippen LogP contribution in [0.3, 0.4) is 0 Å². The summed E-state index contributed by atoms with van der Waals surface area (Å²) in [6.45, 7) is 4.01. The molecule has 2 aromatic carbocycles. The van der Waals surface area contributed by atoms with Crippen LogP contribution in [0.15, 0.2) is 48.5 Å². The molecule has 3 N–H and O–H groups in total. The molecule has 2 aromatic rings. The van der Waals surface area contributed by atoms with E-state index in [0.29, 0.717) is 0 Å². The topological polar surface area (TPSA) is 114 Å². The average Bonchev–Trinajstić information content (AvgIpc) is 3.10. The number of rotatable bonds is 11. The van der Waals surface area contributed by atoms with Crippen molar-refractivity contribution in [1.82, 2.24) is 10.6 Å². The van der Waals surface area contributed by atoms with Gasteiger partial charge in [-0.25, -0.2) is 4.79 Å². The molecular weight excluding hydrogens is 424 g/mol. The van der Waals surface area contributed by atoms with Crippen LogP contribution in [0.1, 0.15) is 37.3 Å². The molecule has 1 aliphatic rings. The lowest BCUT2D eigenvalue weighted by atomic mass is 9.98. The highest BCUT2D eigenvalue weighted by Crippen LogP contribution is 2.44. The van der Waals surface area contributed by atoms with Gasteiger partial charge in [0.25, 0.3) is 0 Å². The third kappa shape index (κ3) is 6.55. The van der Waals surface area contributed by atoms with E-state index in [1.54, 1.807) is 0 Å². The monoisotopic (exact) mass is 454 g/mol. The minimum absolute atomic E-state index is 0.0113. The Kier molecular flexibility index (Phi) is 8.43. The van der Waals surface area contributed by atoms with Gasteiger partial charge in [0.2, 0.25) is 5.91 Å². The summed E-state index contributed by atoms with van der Waals surface area (Å²) >= 11 is 0. The molecule has 8 nitrogen and oxygen atoms in total. The number of carbonyl (C=O) groups excluding carboxylic acids is 2. The summed E-state index contributed by atoms with van der Waals surface area (Å²) in [5.74, 6) is -1.39. The Morgan fingerprint density at radius 2 is 1.61 bits per heavy atom. The molecular formula is C25H30N2O6. The first-order valence-electron chi connectivity index (χ1n) is 11.0. The Hall–Kier alpha value is -3.39. The van der Waals surface area contributed by atoms with Gasteiger partial charge in [0.15, 0.2) is 0 Å². The zero-order valence-corrected chi connectivity index (χ0v) is 18.9. The molecule has 3 rings (SSSR count). The summed E-state index contributed by atoms with van der Waals surface area (Å²) in [5, 5.41) is 14.2. The van der Waals surface area contributed by atoms with Gasteiger partial charge in [-0.2, -0.15) is 0 Å². The average molecular weight is 455 g/mol. The van der Waals surface area contributed by atoms with E-state index in [1.807, 2.05) is 38.1 Å². The quantitative estimate of drug-likeness (QED) is 0.450. The molecule has 0 saturated heterocycles. The van der Waals surface area contributed by atoms with Gasteiger partial charge in [-0.1, -0.05) is 62.4 Å².